The Morgan fingerprint density at radius 2 is 1.89 bits per heavy atom. The van der Waals surface area contributed by atoms with Crippen molar-refractivity contribution in [2.45, 2.75) is 58.5 Å². The Hall–Kier alpha value is -0.610. The maximum absolute atomic E-state index is 11.9. The molecule has 4 nitrogen and oxygen atoms in total. The van der Waals surface area contributed by atoms with E-state index in [1.165, 1.54) is 19.3 Å². The van der Waals surface area contributed by atoms with Gasteiger partial charge in [0, 0.05) is 12.6 Å². The molecule has 0 bridgehead atoms. The molecule has 0 aromatic rings. The molecule has 3 unspecified atom stereocenters. The molecule has 1 fully saturated rings. The smallest absolute Gasteiger partial charge is 0.237 e. The highest BCUT2D eigenvalue weighted by Crippen LogP contribution is 2.09. The van der Waals surface area contributed by atoms with E-state index in [1.54, 1.807) is 0 Å². The molecule has 106 valence electrons. The molecule has 18 heavy (non-hydrogen) atoms. The van der Waals surface area contributed by atoms with Crippen molar-refractivity contribution in [3.8, 4) is 0 Å². The largest absolute Gasteiger partial charge is 0.351 e. The lowest BCUT2D eigenvalue weighted by atomic mass is 9.99. The number of amides is 1. The summed E-state index contributed by atoms with van der Waals surface area (Å²) >= 11 is 0. The first kappa shape index (κ1) is 15.4. The van der Waals surface area contributed by atoms with Gasteiger partial charge in [-0.25, -0.2) is 0 Å². The second kappa shape index (κ2) is 7.74. The van der Waals surface area contributed by atoms with Crippen LogP contribution in [0.1, 0.15) is 46.5 Å². The fraction of sp³-hybridized carbons (Fsp3) is 0.929. The van der Waals surface area contributed by atoms with Gasteiger partial charge in [0.15, 0.2) is 0 Å². The number of piperidine rings is 1. The number of likely N-dealkylation sites (tertiary alicyclic amines) is 1. The highest BCUT2D eigenvalue weighted by molar-refractivity contribution is 5.82. The van der Waals surface area contributed by atoms with Crippen LogP contribution in [0, 0.1) is 5.92 Å². The first-order valence-electron chi connectivity index (χ1n) is 7.33. The maximum atomic E-state index is 11.9. The second-order valence-corrected chi connectivity index (χ2v) is 5.68. The van der Waals surface area contributed by atoms with E-state index in [2.05, 4.69) is 24.1 Å². The summed E-state index contributed by atoms with van der Waals surface area (Å²) in [6.07, 6.45) is 4.85. The van der Waals surface area contributed by atoms with Crippen LogP contribution in [0.25, 0.3) is 0 Å². The average Bonchev–Trinajstić information content (AvgIpc) is 2.37. The topological polar surface area (TPSA) is 58.4 Å². The van der Waals surface area contributed by atoms with Crippen LogP contribution < -0.4 is 11.1 Å². The first-order valence-corrected chi connectivity index (χ1v) is 7.33. The molecule has 3 atom stereocenters. The van der Waals surface area contributed by atoms with E-state index >= 15 is 0 Å². The quantitative estimate of drug-likeness (QED) is 0.753. The van der Waals surface area contributed by atoms with E-state index in [4.69, 9.17) is 5.73 Å². The Bertz CT molecular complexity index is 251. The van der Waals surface area contributed by atoms with Crippen molar-refractivity contribution in [2.75, 3.05) is 19.6 Å². The molecular formula is C14H29N3O. The Labute approximate surface area is 111 Å². The van der Waals surface area contributed by atoms with Gasteiger partial charge in [-0.05, 0) is 38.8 Å². The molecule has 1 rings (SSSR count). The number of carbonyl (C=O) groups excluding carboxylic acids is 1. The minimum absolute atomic E-state index is 0.00569. The fourth-order valence-electron chi connectivity index (χ4n) is 2.43. The van der Waals surface area contributed by atoms with Crippen LogP contribution in [0.5, 0.6) is 0 Å². The summed E-state index contributed by atoms with van der Waals surface area (Å²) in [6, 6.07) is -0.190. The number of rotatable bonds is 6. The van der Waals surface area contributed by atoms with Crippen LogP contribution in [-0.2, 0) is 4.79 Å². The lowest BCUT2D eigenvalue weighted by Crippen LogP contribution is -2.50. The third kappa shape index (κ3) is 4.94. The van der Waals surface area contributed by atoms with Crippen LogP contribution in [0.2, 0.25) is 0 Å². The van der Waals surface area contributed by atoms with Gasteiger partial charge in [0.1, 0.15) is 0 Å². The van der Waals surface area contributed by atoms with Crippen LogP contribution in [0.3, 0.4) is 0 Å². The SMILES string of the molecule is CCC(C)C(N)C(=O)NC(C)CN1CCCCC1. The van der Waals surface area contributed by atoms with Gasteiger partial charge in [0.2, 0.25) is 5.91 Å². The van der Waals surface area contributed by atoms with Gasteiger partial charge in [-0.2, -0.15) is 0 Å². The zero-order valence-electron chi connectivity index (χ0n) is 12.1. The highest BCUT2D eigenvalue weighted by Gasteiger charge is 2.21. The number of nitrogens with one attached hydrogen (secondary N) is 1. The lowest BCUT2D eigenvalue weighted by molar-refractivity contribution is -0.124. The number of hydrogen-bond donors (Lipinski definition) is 2. The zero-order chi connectivity index (χ0) is 13.5. The monoisotopic (exact) mass is 255 g/mol. The molecule has 1 saturated heterocycles. The third-order valence-electron chi connectivity index (χ3n) is 3.93. The standard InChI is InChI=1S/C14H29N3O/c1-4-11(2)13(15)14(18)16-12(3)10-17-8-6-5-7-9-17/h11-13H,4-10,15H2,1-3H3,(H,16,18). The van der Waals surface area contributed by atoms with Gasteiger partial charge >= 0.3 is 0 Å². The van der Waals surface area contributed by atoms with Crippen LogP contribution in [-0.4, -0.2) is 42.5 Å². The van der Waals surface area contributed by atoms with Crippen molar-refractivity contribution in [1.29, 1.82) is 0 Å². The molecule has 0 aliphatic carbocycles. The van der Waals surface area contributed by atoms with Crippen molar-refractivity contribution in [1.82, 2.24) is 10.2 Å². The van der Waals surface area contributed by atoms with Crippen molar-refractivity contribution in [2.24, 2.45) is 11.7 Å². The summed E-state index contributed by atoms with van der Waals surface area (Å²) in [5, 5.41) is 3.04. The number of nitrogens with zero attached hydrogens (tertiary/aromatic N) is 1. The summed E-state index contributed by atoms with van der Waals surface area (Å²) in [4.78, 5) is 14.4. The Morgan fingerprint density at radius 3 is 2.44 bits per heavy atom. The van der Waals surface area contributed by atoms with Crippen LogP contribution in [0.4, 0.5) is 0 Å². The Balaban J connectivity index is 2.29. The van der Waals surface area contributed by atoms with Gasteiger partial charge < -0.3 is 16.0 Å². The summed E-state index contributed by atoms with van der Waals surface area (Å²) in [5.74, 6) is 0.237. The normalized spacial score (nSPS) is 22.2. The molecule has 1 aliphatic rings. The summed E-state index contributed by atoms with van der Waals surface area (Å²) in [6.45, 7) is 9.43. The minimum Gasteiger partial charge on any atom is -0.351 e. The van der Waals surface area contributed by atoms with E-state index in [0.29, 0.717) is 0 Å². The lowest BCUT2D eigenvalue weighted by Gasteiger charge is -2.30. The molecular weight excluding hydrogens is 226 g/mol. The van der Waals surface area contributed by atoms with Gasteiger partial charge in [0.05, 0.1) is 6.04 Å². The van der Waals surface area contributed by atoms with Crippen molar-refractivity contribution in [3.63, 3.8) is 0 Å². The van der Waals surface area contributed by atoms with Gasteiger partial charge in [-0.1, -0.05) is 26.7 Å². The number of nitrogens with two attached hydrogens (primary N) is 1. The van der Waals surface area contributed by atoms with E-state index in [1.807, 2.05) is 6.92 Å². The molecule has 1 amide bonds. The first-order chi connectivity index (χ1) is 8.54. The van der Waals surface area contributed by atoms with Crippen molar-refractivity contribution >= 4 is 5.91 Å². The summed E-state index contributed by atoms with van der Waals surface area (Å²) < 4.78 is 0. The molecule has 1 aliphatic heterocycles. The Morgan fingerprint density at radius 1 is 1.28 bits per heavy atom. The fourth-order valence-corrected chi connectivity index (χ4v) is 2.43. The number of hydrogen-bond acceptors (Lipinski definition) is 3. The van der Waals surface area contributed by atoms with E-state index in [-0.39, 0.29) is 23.9 Å². The molecule has 0 spiro atoms. The highest BCUT2D eigenvalue weighted by atomic mass is 16.2. The van der Waals surface area contributed by atoms with Crippen molar-refractivity contribution < 1.29 is 4.79 Å². The minimum atomic E-state index is -0.376. The average molecular weight is 255 g/mol. The predicted molar refractivity (Wildman–Crippen MR) is 75.3 cm³/mol. The molecule has 0 aromatic heterocycles. The van der Waals surface area contributed by atoms with Crippen molar-refractivity contribution in [3.05, 3.63) is 0 Å². The molecule has 0 aromatic carbocycles. The van der Waals surface area contributed by atoms with E-state index in [9.17, 15) is 4.79 Å². The van der Waals surface area contributed by atoms with E-state index < -0.39 is 0 Å². The van der Waals surface area contributed by atoms with Gasteiger partial charge in [-0.3, -0.25) is 4.79 Å². The van der Waals surface area contributed by atoms with Crippen LogP contribution in [0.15, 0.2) is 0 Å². The summed E-state index contributed by atoms with van der Waals surface area (Å²) in [5.41, 5.74) is 5.93. The molecule has 0 radical (unpaired) electrons. The number of carbonyl (C=O) groups is 1. The molecule has 4 heteroatoms. The van der Waals surface area contributed by atoms with Gasteiger partial charge in [-0.15, -0.1) is 0 Å². The molecule has 0 saturated carbocycles. The third-order valence-corrected chi connectivity index (χ3v) is 3.93. The predicted octanol–water partition coefficient (Wildman–Crippen LogP) is 1.35. The molecule has 3 N–H and O–H groups in total. The molecule has 1 heterocycles. The summed E-state index contributed by atoms with van der Waals surface area (Å²) in [7, 11) is 0. The zero-order valence-corrected chi connectivity index (χ0v) is 12.1. The maximum Gasteiger partial charge on any atom is 0.237 e. The Kier molecular flexibility index (Phi) is 6.65. The second-order valence-electron chi connectivity index (χ2n) is 5.68. The van der Waals surface area contributed by atoms with Crippen LogP contribution >= 0.6 is 0 Å². The van der Waals surface area contributed by atoms with E-state index in [0.717, 1.165) is 26.1 Å². The van der Waals surface area contributed by atoms with Gasteiger partial charge in [0.25, 0.3) is 0 Å².